The molecule has 132 valence electrons. The predicted octanol–water partition coefficient (Wildman–Crippen LogP) is 3.33. The summed E-state index contributed by atoms with van der Waals surface area (Å²) in [5.74, 6) is -0.845. The molecule has 7 nitrogen and oxygen atoms in total. The number of H-pyrrole nitrogens is 2. The van der Waals surface area contributed by atoms with E-state index >= 15 is 0 Å². The van der Waals surface area contributed by atoms with Crippen molar-refractivity contribution >= 4 is 37.5 Å². The summed E-state index contributed by atoms with van der Waals surface area (Å²) in [5.41, 5.74) is 1.41. The van der Waals surface area contributed by atoms with E-state index in [1.165, 1.54) is 18.3 Å². The number of hydrogen-bond acceptors (Lipinski definition) is 4. The Morgan fingerprint density at radius 2 is 1.67 bits per heavy atom. The second kappa shape index (κ2) is 5.87. The number of anilines is 1. The molecule has 0 bridgehead atoms. The van der Waals surface area contributed by atoms with Crippen LogP contribution in [0.2, 0.25) is 0 Å². The average molecular weight is 379 g/mol. The molecule has 0 unspecified atom stereocenters. The number of fused-ring (bicyclic) bond motifs is 3. The zero-order valence-electron chi connectivity index (χ0n) is 13.5. The molecule has 0 aliphatic rings. The lowest BCUT2D eigenvalue weighted by molar-refractivity contribution is 0.599. The number of hydrogen-bond donors (Lipinski definition) is 3. The Hall–Kier alpha value is -3.82. The molecule has 9 heteroatoms. The van der Waals surface area contributed by atoms with Gasteiger partial charge in [0.25, 0.3) is 10.0 Å². The van der Waals surface area contributed by atoms with Gasteiger partial charge in [0, 0.05) is 23.2 Å². The summed E-state index contributed by atoms with van der Waals surface area (Å²) in [5, 5.41) is 19.0. The highest BCUT2D eigenvalue weighted by Crippen LogP contribution is 2.31. The number of aromatic amines is 2. The topological polar surface area (TPSA) is 125 Å². The molecule has 0 radical (unpaired) electrons. The molecule has 4 rings (SSSR count). The van der Waals surface area contributed by atoms with Gasteiger partial charge in [0.1, 0.15) is 16.8 Å². The number of nitrogens with one attached hydrogen (secondary N) is 3. The molecule has 2 aromatic carbocycles. The molecule has 0 aliphatic carbocycles. The van der Waals surface area contributed by atoms with Gasteiger partial charge >= 0.3 is 0 Å². The summed E-state index contributed by atoms with van der Waals surface area (Å²) in [6.45, 7) is 0. The van der Waals surface area contributed by atoms with E-state index in [2.05, 4.69) is 20.8 Å². The number of rotatable bonds is 3. The average Bonchev–Trinajstić information content (AvgIpc) is 3.26. The van der Waals surface area contributed by atoms with E-state index in [1.54, 1.807) is 24.4 Å². The Bertz CT molecular complexity index is 1400. The third-order valence-corrected chi connectivity index (χ3v) is 5.63. The van der Waals surface area contributed by atoms with Gasteiger partial charge in [-0.15, -0.1) is 0 Å². The van der Waals surface area contributed by atoms with Gasteiger partial charge in [-0.3, -0.25) is 4.72 Å². The van der Waals surface area contributed by atoms with Crippen molar-refractivity contribution in [1.82, 2.24) is 9.97 Å². The fraction of sp³-hybridized carbons (Fsp3) is 0. The van der Waals surface area contributed by atoms with Gasteiger partial charge in [-0.25, -0.2) is 12.8 Å². The van der Waals surface area contributed by atoms with Gasteiger partial charge < -0.3 is 9.97 Å². The van der Waals surface area contributed by atoms with Crippen LogP contribution >= 0.6 is 0 Å². The highest BCUT2D eigenvalue weighted by molar-refractivity contribution is 7.93. The van der Waals surface area contributed by atoms with Crippen molar-refractivity contribution in [3.8, 4) is 12.1 Å². The fourth-order valence-electron chi connectivity index (χ4n) is 2.95. The molecule has 2 aromatic heterocycles. The third kappa shape index (κ3) is 2.58. The van der Waals surface area contributed by atoms with Crippen molar-refractivity contribution in [2.24, 2.45) is 0 Å². The van der Waals surface area contributed by atoms with Crippen molar-refractivity contribution in [3.05, 3.63) is 59.7 Å². The van der Waals surface area contributed by atoms with E-state index in [0.717, 1.165) is 6.07 Å². The van der Waals surface area contributed by atoms with Gasteiger partial charge in [-0.2, -0.15) is 10.5 Å². The first kappa shape index (κ1) is 16.6. The van der Waals surface area contributed by atoms with Crippen molar-refractivity contribution in [2.75, 3.05) is 4.72 Å². The van der Waals surface area contributed by atoms with Crippen molar-refractivity contribution in [2.45, 2.75) is 4.90 Å². The third-order valence-electron chi connectivity index (χ3n) is 4.22. The lowest BCUT2D eigenvalue weighted by atomic mass is 10.1. The van der Waals surface area contributed by atoms with Crippen molar-refractivity contribution in [3.63, 3.8) is 0 Å². The molecular weight excluding hydrogens is 369 g/mol. The minimum Gasteiger partial charge on any atom is -0.358 e. The summed E-state index contributed by atoms with van der Waals surface area (Å²) in [4.78, 5) is 5.80. The number of nitriles is 2. The van der Waals surface area contributed by atoms with Gasteiger partial charge in [-0.05, 0) is 18.2 Å². The summed E-state index contributed by atoms with van der Waals surface area (Å²) >= 11 is 0. The van der Waals surface area contributed by atoms with Gasteiger partial charge in [0.2, 0.25) is 0 Å². The Balaban J connectivity index is 1.82. The Morgan fingerprint density at radius 1 is 0.963 bits per heavy atom. The van der Waals surface area contributed by atoms with E-state index in [9.17, 15) is 12.8 Å². The lowest BCUT2D eigenvalue weighted by Gasteiger charge is -2.08. The van der Waals surface area contributed by atoms with Crippen LogP contribution < -0.4 is 4.72 Å². The molecule has 0 saturated carbocycles. The first-order valence-corrected chi connectivity index (χ1v) is 9.16. The Morgan fingerprint density at radius 3 is 2.37 bits per heavy atom. The second-order valence-corrected chi connectivity index (χ2v) is 7.44. The van der Waals surface area contributed by atoms with Crippen molar-refractivity contribution < 1.29 is 12.8 Å². The zero-order valence-corrected chi connectivity index (χ0v) is 14.4. The van der Waals surface area contributed by atoms with E-state index in [1.807, 2.05) is 0 Å². The number of halogens is 1. The van der Waals surface area contributed by atoms with E-state index in [-0.39, 0.29) is 16.1 Å². The summed E-state index contributed by atoms with van der Waals surface area (Å²) in [7, 11) is -4.09. The van der Waals surface area contributed by atoms with Crippen LogP contribution in [0.25, 0.3) is 21.8 Å². The van der Waals surface area contributed by atoms with Gasteiger partial charge in [-0.1, -0.05) is 12.1 Å². The van der Waals surface area contributed by atoms with Crippen LogP contribution in [0.1, 0.15) is 11.1 Å². The molecule has 0 atom stereocenters. The summed E-state index contributed by atoms with van der Waals surface area (Å²) < 4.78 is 41.8. The van der Waals surface area contributed by atoms with Crippen LogP contribution in [0.5, 0.6) is 0 Å². The van der Waals surface area contributed by atoms with E-state index in [4.69, 9.17) is 10.5 Å². The number of aromatic nitrogens is 2. The van der Waals surface area contributed by atoms with Crippen LogP contribution in [-0.2, 0) is 10.0 Å². The predicted molar refractivity (Wildman–Crippen MR) is 96.8 cm³/mol. The van der Waals surface area contributed by atoms with Crippen LogP contribution in [0.3, 0.4) is 0 Å². The van der Waals surface area contributed by atoms with Crippen molar-refractivity contribution in [1.29, 1.82) is 10.5 Å². The minimum atomic E-state index is -4.09. The van der Waals surface area contributed by atoms with Crippen LogP contribution in [0, 0.1) is 28.5 Å². The maximum Gasteiger partial charge on any atom is 0.264 e. The molecule has 2 heterocycles. The maximum atomic E-state index is 14.1. The van der Waals surface area contributed by atoms with E-state index in [0.29, 0.717) is 27.4 Å². The fourth-order valence-corrected chi connectivity index (χ4v) is 4.19. The molecule has 0 spiro atoms. The zero-order chi connectivity index (χ0) is 19.2. The first-order chi connectivity index (χ1) is 12.9. The molecular formula is C18H10FN5O2S. The Labute approximate surface area is 152 Å². The standard InChI is InChI=1S/C18H10FN5O2S/c19-14-5-10(6-20)1-4-15(14)24-27(25,26)16-9-23-18-13(16)3-2-12-11(7-21)8-22-17(12)18/h1-5,8-9,22-24H. The highest BCUT2D eigenvalue weighted by atomic mass is 32.2. The summed E-state index contributed by atoms with van der Waals surface area (Å²) in [6.07, 6.45) is 2.85. The number of nitrogens with zero attached hydrogens (tertiary/aromatic N) is 2. The molecule has 4 aromatic rings. The maximum absolute atomic E-state index is 14.1. The summed E-state index contributed by atoms with van der Waals surface area (Å²) in [6, 6.07) is 10.6. The van der Waals surface area contributed by atoms with E-state index < -0.39 is 15.8 Å². The second-order valence-electron chi connectivity index (χ2n) is 5.79. The largest absolute Gasteiger partial charge is 0.358 e. The first-order valence-electron chi connectivity index (χ1n) is 7.68. The molecule has 0 fully saturated rings. The van der Waals surface area contributed by atoms with Gasteiger partial charge in [0.15, 0.2) is 0 Å². The highest BCUT2D eigenvalue weighted by Gasteiger charge is 2.22. The molecule has 0 saturated heterocycles. The number of benzene rings is 2. The monoisotopic (exact) mass is 379 g/mol. The molecule has 0 amide bonds. The van der Waals surface area contributed by atoms with Gasteiger partial charge in [0.05, 0.1) is 33.9 Å². The molecule has 0 aliphatic heterocycles. The normalized spacial score (nSPS) is 11.4. The molecule has 3 N–H and O–H groups in total. The SMILES string of the molecule is N#Cc1ccc(NS(=O)(=O)c2c[nH]c3c2ccc2c(C#N)c[nH]c23)c(F)c1. The van der Waals surface area contributed by atoms with Crippen LogP contribution in [-0.4, -0.2) is 18.4 Å². The quantitative estimate of drug-likeness (QED) is 0.505. The van der Waals surface area contributed by atoms with Crippen LogP contribution in [0.4, 0.5) is 10.1 Å². The number of sulfonamides is 1. The smallest absolute Gasteiger partial charge is 0.264 e. The molecule has 27 heavy (non-hydrogen) atoms. The van der Waals surface area contributed by atoms with Crippen LogP contribution in [0.15, 0.2) is 47.6 Å². The lowest BCUT2D eigenvalue weighted by Crippen LogP contribution is -2.13. The minimum absolute atomic E-state index is 0.0590. The Kier molecular flexibility index (Phi) is 3.62.